The fourth-order valence-electron chi connectivity index (χ4n) is 7.60. The highest BCUT2D eigenvalue weighted by Crippen LogP contribution is 2.43. The second-order valence-corrected chi connectivity index (χ2v) is 13.0. The van der Waals surface area contributed by atoms with Gasteiger partial charge in [0.05, 0.1) is 16.4 Å². The molecule has 0 saturated carbocycles. The van der Waals surface area contributed by atoms with E-state index in [0.717, 1.165) is 61.1 Å². The summed E-state index contributed by atoms with van der Waals surface area (Å²) in [6.07, 6.45) is 0. The van der Waals surface area contributed by atoms with Crippen LogP contribution in [0.1, 0.15) is 0 Å². The molecule has 0 fully saturated rings. The van der Waals surface area contributed by atoms with Gasteiger partial charge >= 0.3 is 0 Å². The minimum atomic E-state index is 0.871. The monoisotopic (exact) mass is 652 g/mol. The zero-order valence-electron chi connectivity index (χ0n) is 27.8. The van der Waals surface area contributed by atoms with Crippen molar-refractivity contribution in [3.05, 3.63) is 194 Å². The number of rotatable bonds is 6. The van der Waals surface area contributed by atoms with Crippen molar-refractivity contribution >= 4 is 60.8 Å². The summed E-state index contributed by atoms with van der Waals surface area (Å²) in [5.74, 6) is 0. The summed E-state index contributed by atoms with van der Waals surface area (Å²) in [6, 6.07) is 69.0. The molecule has 0 atom stereocenters. The van der Waals surface area contributed by atoms with Crippen molar-refractivity contribution in [1.29, 1.82) is 0 Å². The SMILES string of the molecule is c1ccc(-c2ccc(N(c3cccc(-c4ccccc4)c3)c3ccc4oc5c(ccc6c5c5ccccc5n6-c5ccccc5)c4c3)cc2)cc1. The van der Waals surface area contributed by atoms with E-state index in [1.54, 1.807) is 0 Å². The minimum absolute atomic E-state index is 0.871. The van der Waals surface area contributed by atoms with Crippen molar-refractivity contribution in [1.82, 2.24) is 4.57 Å². The molecule has 0 saturated heterocycles. The number of hydrogen-bond acceptors (Lipinski definition) is 2. The van der Waals surface area contributed by atoms with Crippen molar-refractivity contribution in [2.75, 3.05) is 4.90 Å². The van der Waals surface area contributed by atoms with Gasteiger partial charge in [-0.3, -0.25) is 0 Å². The minimum Gasteiger partial charge on any atom is -0.455 e. The fourth-order valence-corrected chi connectivity index (χ4v) is 7.60. The van der Waals surface area contributed by atoms with E-state index in [4.69, 9.17) is 4.42 Å². The van der Waals surface area contributed by atoms with E-state index in [-0.39, 0.29) is 0 Å². The van der Waals surface area contributed by atoms with Gasteiger partial charge in [-0.05, 0) is 95.1 Å². The second-order valence-electron chi connectivity index (χ2n) is 13.0. The summed E-state index contributed by atoms with van der Waals surface area (Å²) < 4.78 is 9.12. The molecule has 2 heterocycles. The van der Waals surface area contributed by atoms with Crippen LogP contribution in [0.15, 0.2) is 199 Å². The van der Waals surface area contributed by atoms with E-state index in [1.165, 1.54) is 27.6 Å². The first-order valence-electron chi connectivity index (χ1n) is 17.4. The van der Waals surface area contributed by atoms with Gasteiger partial charge < -0.3 is 13.9 Å². The van der Waals surface area contributed by atoms with Crippen molar-refractivity contribution in [2.24, 2.45) is 0 Å². The number of furan rings is 1. The largest absolute Gasteiger partial charge is 0.455 e. The summed E-state index contributed by atoms with van der Waals surface area (Å²) >= 11 is 0. The molecule has 2 aromatic heterocycles. The first kappa shape index (κ1) is 29.1. The molecule has 0 aliphatic carbocycles. The molecule has 51 heavy (non-hydrogen) atoms. The van der Waals surface area contributed by atoms with Crippen LogP contribution in [0.4, 0.5) is 17.1 Å². The van der Waals surface area contributed by atoms with Gasteiger partial charge in [-0.2, -0.15) is 0 Å². The predicted molar refractivity (Wildman–Crippen MR) is 214 cm³/mol. The molecule has 10 rings (SSSR count). The Morgan fingerprint density at radius 3 is 1.75 bits per heavy atom. The molecular weight excluding hydrogens is 621 g/mol. The molecule has 3 nitrogen and oxygen atoms in total. The number of para-hydroxylation sites is 2. The van der Waals surface area contributed by atoms with Gasteiger partial charge in [0.1, 0.15) is 11.2 Å². The summed E-state index contributed by atoms with van der Waals surface area (Å²) in [4.78, 5) is 2.35. The lowest BCUT2D eigenvalue weighted by atomic mass is 10.0. The van der Waals surface area contributed by atoms with Crippen LogP contribution in [0.2, 0.25) is 0 Å². The highest BCUT2D eigenvalue weighted by Gasteiger charge is 2.20. The number of fused-ring (bicyclic) bond motifs is 7. The van der Waals surface area contributed by atoms with Crippen molar-refractivity contribution in [3.8, 4) is 27.9 Å². The third-order valence-electron chi connectivity index (χ3n) is 9.97. The first-order valence-corrected chi connectivity index (χ1v) is 17.4. The molecule has 0 unspecified atom stereocenters. The Balaban J connectivity index is 1.17. The van der Waals surface area contributed by atoms with Crippen molar-refractivity contribution in [3.63, 3.8) is 0 Å². The van der Waals surface area contributed by atoms with Crippen LogP contribution in [-0.2, 0) is 0 Å². The molecule has 0 amide bonds. The molecule has 240 valence electrons. The van der Waals surface area contributed by atoms with Crippen LogP contribution < -0.4 is 4.90 Å². The van der Waals surface area contributed by atoms with Crippen LogP contribution in [-0.4, -0.2) is 4.57 Å². The predicted octanol–water partition coefficient (Wildman–Crippen LogP) is 13.5. The van der Waals surface area contributed by atoms with Crippen LogP contribution in [0.3, 0.4) is 0 Å². The maximum atomic E-state index is 6.78. The Hall–Kier alpha value is -6.84. The molecule has 0 aliphatic heterocycles. The molecule has 8 aromatic carbocycles. The number of hydrogen-bond donors (Lipinski definition) is 0. The zero-order valence-corrected chi connectivity index (χ0v) is 27.8. The van der Waals surface area contributed by atoms with E-state index in [1.807, 2.05) is 0 Å². The highest BCUT2D eigenvalue weighted by molar-refractivity contribution is 6.24. The highest BCUT2D eigenvalue weighted by atomic mass is 16.3. The lowest BCUT2D eigenvalue weighted by Gasteiger charge is -2.26. The second kappa shape index (κ2) is 11.9. The maximum absolute atomic E-state index is 6.78. The van der Waals surface area contributed by atoms with Gasteiger partial charge in [-0.15, -0.1) is 0 Å². The lowest BCUT2D eigenvalue weighted by molar-refractivity contribution is 0.673. The van der Waals surface area contributed by atoms with Gasteiger partial charge in [0.2, 0.25) is 0 Å². The van der Waals surface area contributed by atoms with Crippen LogP contribution in [0, 0.1) is 0 Å². The quantitative estimate of drug-likeness (QED) is 0.178. The van der Waals surface area contributed by atoms with Crippen molar-refractivity contribution < 1.29 is 4.42 Å². The normalized spacial score (nSPS) is 11.5. The van der Waals surface area contributed by atoms with E-state index in [9.17, 15) is 0 Å². The Bertz CT molecular complexity index is 2830. The fraction of sp³-hybridized carbons (Fsp3) is 0. The first-order chi connectivity index (χ1) is 25.3. The van der Waals surface area contributed by atoms with E-state index < -0.39 is 0 Å². The van der Waals surface area contributed by atoms with E-state index in [0.29, 0.717) is 0 Å². The molecule has 0 aliphatic rings. The third-order valence-corrected chi connectivity index (χ3v) is 9.97. The molecule has 0 N–H and O–H groups in total. The Morgan fingerprint density at radius 2 is 0.980 bits per heavy atom. The third kappa shape index (κ3) is 4.90. The number of nitrogens with zero attached hydrogens (tertiary/aromatic N) is 2. The summed E-state index contributed by atoms with van der Waals surface area (Å²) in [5.41, 5.74) is 13.2. The molecule has 0 bridgehead atoms. The smallest absolute Gasteiger partial charge is 0.145 e. The summed E-state index contributed by atoms with van der Waals surface area (Å²) in [5, 5.41) is 4.51. The topological polar surface area (TPSA) is 21.3 Å². The van der Waals surface area contributed by atoms with Crippen molar-refractivity contribution in [2.45, 2.75) is 0 Å². The number of aromatic nitrogens is 1. The molecule has 10 aromatic rings. The van der Waals surface area contributed by atoms with Gasteiger partial charge in [0.15, 0.2) is 0 Å². The van der Waals surface area contributed by atoms with E-state index in [2.05, 4.69) is 204 Å². The van der Waals surface area contributed by atoms with Gasteiger partial charge in [-0.25, -0.2) is 0 Å². The molecular formula is C48H32N2O. The standard InChI is InChI=1S/C48H32N2O/c1-4-13-33(14-5-1)35-23-25-38(26-24-35)49(39-20-12-17-36(31-39)34-15-6-2-7-16-34)40-27-30-46-43(32-40)41-28-29-45-47(48(41)51-46)42-21-10-11-22-44(42)50(45)37-18-8-3-9-19-37/h1-32H. The molecule has 0 spiro atoms. The van der Waals surface area contributed by atoms with Gasteiger partial charge in [0, 0.05) is 38.9 Å². The van der Waals surface area contributed by atoms with Gasteiger partial charge in [0.25, 0.3) is 0 Å². The van der Waals surface area contributed by atoms with Gasteiger partial charge in [-0.1, -0.05) is 121 Å². The van der Waals surface area contributed by atoms with Crippen LogP contribution in [0.25, 0.3) is 71.7 Å². The summed E-state index contributed by atoms with van der Waals surface area (Å²) in [6.45, 7) is 0. The molecule has 3 heteroatoms. The summed E-state index contributed by atoms with van der Waals surface area (Å²) in [7, 11) is 0. The maximum Gasteiger partial charge on any atom is 0.145 e. The van der Waals surface area contributed by atoms with Crippen LogP contribution in [0.5, 0.6) is 0 Å². The van der Waals surface area contributed by atoms with E-state index >= 15 is 0 Å². The molecule has 0 radical (unpaired) electrons. The number of anilines is 3. The average Bonchev–Trinajstić information content (AvgIpc) is 3.75. The number of benzene rings is 8. The Kier molecular flexibility index (Phi) is 6.81. The Morgan fingerprint density at radius 1 is 0.373 bits per heavy atom. The average molecular weight is 653 g/mol. The zero-order chi connectivity index (χ0) is 33.7. The van der Waals surface area contributed by atoms with Crippen LogP contribution >= 0.6 is 0 Å². The lowest BCUT2D eigenvalue weighted by Crippen LogP contribution is -2.10. The Labute approximate surface area is 295 Å².